The number of benzene rings is 2. The van der Waals surface area contributed by atoms with Crippen molar-refractivity contribution in [2.24, 2.45) is 0 Å². The van der Waals surface area contributed by atoms with Gasteiger partial charge >= 0.3 is 12.3 Å². The molecule has 1 N–H and O–H groups in total. The molecule has 0 saturated heterocycles. The van der Waals surface area contributed by atoms with Gasteiger partial charge in [-0.2, -0.15) is 13.2 Å². The summed E-state index contributed by atoms with van der Waals surface area (Å²) < 4.78 is 50.7. The van der Waals surface area contributed by atoms with Gasteiger partial charge in [-0.3, -0.25) is 0 Å². The maximum absolute atomic E-state index is 13.4. The molecule has 2 aromatic carbocycles. The van der Waals surface area contributed by atoms with Crippen LogP contribution < -0.4 is 9.64 Å². The van der Waals surface area contributed by atoms with Crippen LogP contribution in [0.4, 0.5) is 29.5 Å². The van der Waals surface area contributed by atoms with Crippen LogP contribution in [0.5, 0.6) is 11.5 Å². The fraction of sp³-hybridized carbons (Fsp3) is 0.286. The predicted octanol–water partition coefficient (Wildman–Crippen LogP) is 6.09. The maximum Gasteiger partial charge on any atom is 0.420 e. The maximum atomic E-state index is 13.4. The number of nitrogens with zero attached hydrogens (tertiary/aromatic N) is 3. The number of halogens is 4. The van der Waals surface area contributed by atoms with Crippen molar-refractivity contribution < 1.29 is 32.5 Å². The van der Waals surface area contributed by atoms with Crippen molar-refractivity contribution in [3.8, 4) is 11.5 Å². The smallest absolute Gasteiger partial charge is 0.420 e. The molecule has 0 bridgehead atoms. The molecule has 0 aliphatic carbocycles. The first-order valence-electron chi connectivity index (χ1n) is 9.23. The molecule has 0 aliphatic heterocycles. The Morgan fingerprint density at radius 1 is 1.12 bits per heavy atom. The highest BCUT2D eigenvalue weighted by atomic mass is 35.5. The van der Waals surface area contributed by atoms with Crippen molar-refractivity contribution in [3.05, 3.63) is 47.2 Å². The Labute approximate surface area is 186 Å². The monoisotopic (exact) mass is 469 g/mol. The fourth-order valence-corrected chi connectivity index (χ4v) is 3.07. The average Bonchev–Trinajstić information content (AvgIpc) is 2.67. The van der Waals surface area contributed by atoms with Crippen molar-refractivity contribution in [2.75, 3.05) is 12.0 Å². The Balaban J connectivity index is 2.32. The highest BCUT2D eigenvalue weighted by molar-refractivity contribution is 6.34. The van der Waals surface area contributed by atoms with Crippen LogP contribution in [0.25, 0.3) is 10.9 Å². The first-order chi connectivity index (χ1) is 14.8. The van der Waals surface area contributed by atoms with Gasteiger partial charge in [0.1, 0.15) is 11.9 Å². The summed E-state index contributed by atoms with van der Waals surface area (Å²) in [4.78, 5) is 22.2. The topological polar surface area (TPSA) is 84.8 Å². The number of aromatic nitrogens is 2. The molecular weight excluding hydrogens is 451 g/mol. The number of phenols is 1. The molecule has 1 heterocycles. The average molecular weight is 470 g/mol. The summed E-state index contributed by atoms with van der Waals surface area (Å²) in [5.41, 5.74) is -2.06. The lowest BCUT2D eigenvalue weighted by Gasteiger charge is -2.28. The third kappa shape index (κ3) is 4.80. The molecule has 1 amide bonds. The Morgan fingerprint density at radius 2 is 1.81 bits per heavy atom. The standard InChI is InChI=1S/C21H19ClF3N3O4/c1-20(2,3)32-19(30)28(15-7-11(21(23,24)25)5-6-13(15)22)18-12-8-17(31-4)16(29)9-14(12)26-10-27-18/h5-10,29H,1-4H3. The number of ether oxygens (including phenoxy) is 2. The zero-order valence-corrected chi connectivity index (χ0v) is 18.2. The molecule has 3 rings (SSSR count). The van der Waals surface area contributed by atoms with Crippen molar-refractivity contribution >= 4 is 40.1 Å². The second kappa shape index (κ2) is 8.34. The molecule has 7 nitrogen and oxygen atoms in total. The van der Waals surface area contributed by atoms with Gasteiger partial charge in [0, 0.05) is 11.5 Å². The van der Waals surface area contributed by atoms with Gasteiger partial charge in [-0.05, 0) is 45.0 Å². The number of hydrogen-bond acceptors (Lipinski definition) is 6. The summed E-state index contributed by atoms with van der Waals surface area (Å²) in [7, 11) is 1.32. The predicted molar refractivity (Wildman–Crippen MR) is 113 cm³/mol. The summed E-state index contributed by atoms with van der Waals surface area (Å²) in [6.45, 7) is 4.82. The van der Waals surface area contributed by atoms with Gasteiger partial charge in [-0.1, -0.05) is 11.6 Å². The molecule has 0 saturated carbocycles. The van der Waals surface area contributed by atoms with E-state index in [0.29, 0.717) is 0 Å². The van der Waals surface area contributed by atoms with E-state index < -0.39 is 23.4 Å². The number of fused-ring (bicyclic) bond motifs is 1. The molecule has 170 valence electrons. The summed E-state index contributed by atoms with van der Waals surface area (Å²) >= 11 is 6.22. The van der Waals surface area contributed by atoms with Crippen LogP contribution in [-0.4, -0.2) is 33.9 Å². The minimum atomic E-state index is -4.68. The number of aromatic hydroxyl groups is 1. The Bertz CT molecular complexity index is 1180. The first kappa shape index (κ1) is 23.4. The number of hydrogen-bond donors (Lipinski definition) is 1. The molecule has 0 atom stereocenters. The third-order valence-electron chi connectivity index (χ3n) is 4.22. The zero-order valence-electron chi connectivity index (χ0n) is 17.5. The lowest BCUT2D eigenvalue weighted by Crippen LogP contribution is -2.34. The largest absolute Gasteiger partial charge is 0.504 e. The fourth-order valence-electron chi connectivity index (χ4n) is 2.87. The van der Waals surface area contributed by atoms with E-state index in [2.05, 4.69) is 9.97 Å². The lowest BCUT2D eigenvalue weighted by molar-refractivity contribution is -0.137. The van der Waals surface area contributed by atoms with E-state index >= 15 is 0 Å². The molecule has 1 aromatic heterocycles. The number of carbonyl (C=O) groups excluding carboxylic acids is 1. The Hall–Kier alpha value is -3.27. The van der Waals surface area contributed by atoms with Crippen LogP contribution in [0.2, 0.25) is 5.02 Å². The molecule has 0 aliphatic rings. The van der Waals surface area contributed by atoms with Crippen LogP contribution >= 0.6 is 11.6 Å². The molecule has 11 heteroatoms. The minimum Gasteiger partial charge on any atom is -0.504 e. The molecule has 0 radical (unpaired) electrons. The van der Waals surface area contributed by atoms with Gasteiger partial charge in [0.2, 0.25) is 0 Å². The molecule has 0 spiro atoms. The van der Waals surface area contributed by atoms with E-state index in [0.717, 1.165) is 29.4 Å². The van der Waals surface area contributed by atoms with Gasteiger partial charge in [0.15, 0.2) is 17.3 Å². The van der Waals surface area contributed by atoms with Gasteiger partial charge < -0.3 is 14.6 Å². The van der Waals surface area contributed by atoms with Crippen LogP contribution in [-0.2, 0) is 10.9 Å². The molecule has 32 heavy (non-hydrogen) atoms. The Kier molecular flexibility index (Phi) is 6.10. The van der Waals surface area contributed by atoms with E-state index in [9.17, 15) is 23.1 Å². The SMILES string of the molecule is COc1cc2c(N(C(=O)OC(C)(C)C)c3cc(C(F)(F)F)ccc3Cl)ncnc2cc1O. The van der Waals surface area contributed by atoms with Gasteiger partial charge in [-0.25, -0.2) is 19.7 Å². The van der Waals surface area contributed by atoms with Crippen molar-refractivity contribution in [1.82, 2.24) is 9.97 Å². The summed E-state index contributed by atoms with van der Waals surface area (Å²) in [6, 6.07) is 5.21. The number of amides is 1. The lowest BCUT2D eigenvalue weighted by atomic mass is 10.1. The summed E-state index contributed by atoms with van der Waals surface area (Å²) in [6.07, 6.45) is -4.59. The van der Waals surface area contributed by atoms with Gasteiger partial charge in [0.05, 0.1) is 28.9 Å². The molecule has 0 fully saturated rings. The second-order valence-electron chi connectivity index (χ2n) is 7.72. The highest BCUT2D eigenvalue weighted by Crippen LogP contribution is 2.41. The third-order valence-corrected chi connectivity index (χ3v) is 4.54. The number of phenolic OH excluding ortho intramolecular Hbond substituents is 1. The highest BCUT2D eigenvalue weighted by Gasteiger charge is 2.34. The van der Waals surface area contributed by atoms with Gasteiger partial charge in [-0.15, -0.1) is 0 Å². The van der Waals surface area contributed by atoms with Crippen LogP contribution in [0.1, 0.15) is 26.3 Å². The number of methoxy groups -OCH3 is 1. The molecule has 3 aromatic rings. The van der Waals surface area contributed by atoms with Crippen molar-refractivity contribution in [2.45, 2.75) is 32.5 Å². The number of carbonyl (C=O) groups is 1. The van der Waals surface area contributed by atoms with E-state index in [1.807, 2.05) is 0 Å². The number of anilines is 2. The van der Waals surface area contributed by atoms with E-state index in [1.165, 1.54) is 19.2 Å². The molecule has 0 unspecified atom stereocenters. The summed E-state index contributed by atoms with van der Waals surface area (Å²) in [5, 5.41) is 10.1. The quantitative estimate of drug-likeness (QED) is 0.499. The van der Waals surface area contributed by atoms with Crippen molar-refractivity contribution in [3.63, 3.8) is 0 Å². The van der Waals surface area contributed by atoms with E-state index in [-0.39, 0.29) is 38.9 Å². The van der Waals surface area contributed by atoms with Gasteiger partial charge in [0.25, 0.3) is 0 Å². The van der Waals surface area contributed by atoms with Crippen LogP contribution in [0, 0.1) is 0 Å². The van der Waals surface area contributed by atoms with Crippen molar-refractivity contribution in [1.29, 1.82) is 0 Å². The normalized spacial score (nSPS) is 12.0. The van der Waals surface area contributed by atoms with Crippen LogP contribution in [0.15, 0.2) is 36.7 Å². The minimum absolute atomic E-state index is 0.0489. The van der Waals surface area contributed by atoms with Crippen LogP contribution in [0.3, 0.4) is 0 Å². The zero-order chi connectivity index (χ0) is 23.8. The second-order valence-corrected chi connectivity index (χ2v) is 8.13. The van der Waals surface area contributed by atoms with E-state index in [1.54, 1.807) is 20.8 Å². The van der Waals surface area contributed by atoms with E-state index in [4.69, 9.17) is 21.1 Å². The summed E-state index contributed by atoms with van der Waals surface area (Å²) in [5.74, 6) is -0.276. The number of alkyl halides is 3. The first-order valence-corrected chi connectivity index (χ1v) is 9.61. The number of rotatable bonds is 3. The molecular formula is C21H19ClF3N3O4. The Morgan fingerprint density at radius 3 is 2.41 bits per heavy atom.